The zero-order chi connectivity index (χ0) is 25.9. The molecule has 0 atom stereocenters. The molecule has 2 nitrogen and oxygen atoms in total. The van der Waals surface area contributed by atoms with Crippen LogP contribution in [0.4, 0.5) is 0 Å². The third kappa shape index (κ3) is 5.76. The Hall–Kier alpha value is -3.65. The monoisotopic (exact) mass is 475 g/mol. The summed E-state index contributed by atoms with van der Waals surface area (Å²) >= 11 is 0. The van der Waals surface area contributed by atoms with E-state index in [1.54, 1.807) is 0 Å². The van der Waals surface area contributed by atoms with Crippen LogP contribution in [-0.2, 0) is 17.4 Å². The summed E-state index contributed by atoms with van der Waals surface area (Å²) in [7, 11) is 0. The first-order chi connectivity index (χ1) is 17.0. The van der Waals surface area contributed by atoms with Crippen molar-refractivity contribution in [2.45, 2.75) is 58.9 Å². The molecule has 1 N–H and O–H groups in total. The number of carbonyl (C=O) groups is 1. The first-order valence-electron chi connectivity index (χ1n) is 12.7. The molecule has 0 amide bonds. The minimum absolute atomic E-state index is 0.0424. The quantitative estimate of drug-likeness (QED) is 0.364. The van der Waals surface area contributed by atoms with Gasteiger partial charge >= 0.3 is 0 Å². The Labute approximate surface area is 216 Å². The van der Waals surface area contributed by atoms with Crippen molar-refractivity contribution >= 4 is 11.5 Å². The van der Waals surface area contributed by atoms with Gasteiger partial charge in [-0.05, 0) is 33.1 Å². The van der Waals surface area contributed by atoms with Crippen LogP contribution in [0, 0.1) is 0 Å². The average Bonchev–Trinajstić information content (AvgIpc) is 3.33. The second-order valence-electron chi connectivity index (χ2n) is 11.6. The number of Topliss-reactive ketones (excluding diaryl/α,β-unsaturated/α-hetero) is 1. The van der Waals surface area contributed by atoms with Gasteiger partial charge in [-0.15, -0.1) is 0 Å². The van der Waals surface area contributed by atoms with Crippen molar-refractivity contribution < 1.29 is 4.79 Å². The third-order valence-corrected chi connectivity index (χ3v) is 6.69. The molecule has 0 saturated carbocycles. The van der Waals surface area contributed by atoms with Gasteiger partial charge in [-0.3, -0.25) is 4.79 Å². The molecule has 1 aliphatic rings. The lowest BCUT2D eigenvalue weighted by Gasteiger charge is -2.21. The largest absolute Gasteiger partial charge is 0.380 e. The lowest BCUT2D eigenvalue weighted by Crippen LogP contribution is -2.17. The van der Waals surface area contributed by atoms with E-state index >= 15 is 0 Å². The lowest BCUT2D eigenvalue weighted by atomic mass is 9.85. The Morgan fingerprint density at radius 3 is 1.75 bits per heavy atom. The molecule has 184 valence electrons. The number of hydrogen-bond acceptors (Lipinski definition) is 2. The third-order valence-electron chi connectivity index (χ3n) is 6.69. The topological polar surface area (TPSA) is 29.1 Å². The number of nitrogens with one attached hydrogen (secondary N) is 1. The first-order valence-corrected chi connectivity index (χ1v) is 12.7. The Bertz CT molecular complexity index is 1310. The summed E-state index contributed by atoms with van der Waals surface area (Å²) in [5, 5.41) is 3.65. The molecular weight excluding hydrogens is 438 g/mol. The van der Waals surface area contributed by atoms with Crippen LogP contribution in [0.2, 0.25) is 0 Å². The normalized spacial score (nSPS) is 15.0. The van der Waals surface area contributed by atoms with Gasteiger partial charge in [0.1, 0.15) is 0 Å². The second kappa shape index (κ2) is 10.1. The van der Waals surface area contributed by atoms with Gasteiger partial charge < -0.3 is 5.32 Å². The van der Waals surface area contributed by atoms with Gasteiger partial charge in [0.25, 0.3) is 0 Å². The molecule has 0 aliphatic heterocycles. The van der Waals surface area contributed by atoms with Crippen molar-refractivity contribution in [1.29, 1.82) is 0 Å². The van der Waals surface area contributed by atoms with Gasteiger partial charge in [-0.2, -0.15) is 0 Å². The van der Waals surface area contributed by atoms with E-state index in [0.29, 0.717) is 17.7 Å². The van der Waals surface area contributed by atoms with E-state index < -0.39 is 0 Å². The molecule has 36 heavy (non-hydrogen) atoms. The standard InChI is InChI=1S/C34H37NO/c1-33(2,3)27-19-15-25(16-20-27)31(35-23-24-11-8-7-9-12-24)29-13-10-14-30(29)32(36)26-17-21-28(22-18-26)34(4,5)6/h7-22,35H,23H2,1-6H3/b31-29-. The highest BCUT2D eigenvalue weighted by molar-refractivity contribution is 6.14. The smallest absolute Gasteiger partial charge is 0.193 e. The van der Waals surface area contributed by atoms with Crippen molar-refractivity contribution in [3.05, 3.63) is 136 Å². The van der Waals surface area contributed by atoms with Crippen LogP contribution in [0.5, 0.6) is 0 Å². The molecule has 0 unspecified atom stereocenters. The number of carbonyl (C=O) groups excluding carboxylic acids is 1. The number of hydrogen-bond donors (Lipinski definition) is 1. The maximum absolute atomic E-state index is 13.6. The van der Waals surface area contributed by atoms with Gasteiger partial charge in [-0.1, -0.05) is 139 Å². The van der Waals surface area contributed by atoms with Crippen LogP contribution in [0.1, 0.15) is 74.2 Å². The summed E-state index contributed by atoms with van der Waals surface area (Å²) in [6.07, 6.45) is 5.95. The number of ketones is 1. The molecule has 3 aromatic carbocycles. The van der Waals surface area contributed by atoms with Gasteiger partial charge in [0, 0.05) is 29.0 Å². The van der Waals surface area contributed by atoms with E-state index in [1.165, 1.54) is 16.7 Å². The fraction of sp³-hybridized carbons (Fsp3) is 0.265. The average molecular weight is 476 g/mol. The maximum Gasteiger partial charge on any atom is 0.193 e. The summed E-state index contributed by atoms with van der Waals surface area (Å²) in [6.45, 7) is 13.9. The Morgan fingerprint density at radius 1 is 0.694 bits per heavy atom. The second-order valence-corrected chi connectivity index (χ2v) is 11.6. The molecule has 0 aromatic heterocycles. The highest BCUT2D eigenvalue weighted by Gasteiger charge is 2.23. The Balaban J connectivity index is 1.71. The highest BCUT2D eigenvalue weighted by Crippen LogP contribution is 2.32. The predicted octanol–water partition coefficient (Wildman–Crippen LogP) is 8.16. The Morgan fingerprint density at radius 2 is 1.22 bits per heavy atom. The zero-order valence-electron chi connectivity index (χ0n) is 22.4. The van der Waals surface area contributed by atoms with E-state index in [1.807, 2.05) is 48.6 Å². The van der Waals surface area contributed by atoms with E-state index in [-0.39, 0.29) is 16.6 Å². The fourth-order valence-electron chi connectivity index (χ4n) is 4.39. The summed E-state index contributed by atoms with van der Waals surface area (Å²) in [5.74, 6) is 0.0424. The molecule has 0 spiro atoms. The van der Waals surface area contributed by atoms with Crippen molar-refractivity contribution in [3.63, 3.8) is 0 Å². The molecule has 3 aromatic rings. The van der Waals surface area contributed by atoms with E-state index in [0.717, 1.165) is 16.8 Å². The summed E-state index contributed by atoms with van der Waals surface area (Å²) < 4.78 is 0. The molecule has 0 saturated heterocycles. The van der Waals surface area contributed by atoms with Crippen molar-refractivity contribution in [1.82, 2.24) is 5.32 Å². The SMILES string of the molecule is CC(C)(C)c1ccc(C(=O)C2=CC=C/C2=C(/NCc2ccccc2)c2ccc(C(C)(C)C)cc2)cc1. The van der Waals surface area contributed by atoms with Crippen molar-refractivity contribution in [2.75, 3.05) is 0 Å². The predicted molar refractivity (Wildman–Crippen MR) is 152 cm³/mol. The maximum atomic E-state index is 13.6. The molecular formula is C34H37NO. The highest BCUT2D eigenvalue weighted by atomic mass is 16.1. The minimum atomic E-state index is 0.0424. The van der Waals surface area contributed by atoms with Gasteiger partial charge in [0.15, 0.2) is 5.78 Å². The van der Waals surface area contributed by atoms with Crippen molar-refractivity contribution in [2.24, 2.45) is 0 Å². The summed E-state index contributed by atoms with van der Waals surface area (Å²) in [5.41, 5.74) is 8.23. The molecule has 0 bridgehead atoms. The lowest BCUT2D eigenvalue weighted by molar-refractivity contribution is 0.103. The first kappa shape index (κ1) is 25.4. The zero-order valence-corrected chi connectivity index (χ0v) is 22.4. The molecule has 0 fully saturated rings. The molecule has 0 radical (unpaired) electrons. The fourth-order valence-corrected chi connectivity index (χ4v) is 4.39. The van der Waals surface area contributed by atoms with Gasteiger partial charge in [-0.25, -0.2) is 0 Å². The minimum Gasteiger partial charge on any atom is -0.380 e. The summed E-state index contributed by atoms with van der Waals surface area (Å²) in [4.78, 5) is 13.6. The Kier molecular flexibility index (Phi) is 7.17. The summed E-state index contributed by atoms with van der Waals surface area (Å²) in [6, 6.07) is 27.1. The molecule has 1 aliphatic carbocycles. The number of rotatable bonds is 6. The van der Waals surface area contributed by atoms with Crippen molar-refractivity contribution in [3.8, 4) is 0 Å². The molecule has 2 heteroatoms. The van der Waals surface area contributed by atoms with Crippen LogP contribution in [0.15, 0.2) is 108 Å². The van der Waals surface area contributed by atoms with Gasteiger partial charge in [0.2, 0.25) is 0 Å². The van der Waals surface area contributed by atoms with Crippen LogP contribution in [-0.4, -0.2) is 5.78 Å². The van der Waals surface area contributed by atoms with Crippen LogP contribution in [0.25, 0.3) is 5.70 Å². The van der Waals surface area contributed by atoms with Gasteiger partial charge in [0.05, 0.1) is 0 Å². The van der Waals surface area contributed by atoms with E-state index in [9.17, 15) is 4.79 Å². The van der Waals surface area contributed by atoms with E-state index in [4.69, 9.17) is 0 Å². The molecule has 0 heterocycles. The van der Waals surface area contributed by atoms with E-state index in [2.05, 4.69) is 95.4 Å². The number of allylic oxidation sites excluding steroid dienone is 5. The van der Waals surface area contributed by atoms with Crippen LogP contribution < -0.4 is 5.32 Å². The number of benzene rings is 3. The van der Waals surface area contributed by atoms with Crippen LogP contribution in [0.3, 0.4) is 0 Å². The molecule has 4 rings (SSSR count). The van der Waals surface area contributed by atoms with Crippen LogP contribution >= 0.6 is 0 Å².